The van der Waals surface area contributed by atoms with Crippen molar-refractivity contribution in [1.82, 2.24) is 4.90 Å². The molecule has 0 spiro atoms. The van der Waals surface area contributed by atoms with Crippen LogP contribution in [0.25, 0.3) is 0 Å². The van der Waals surface area contributed by atoms with Gasteiger partial charge in [0.05, 0.1) is 11.3 Å². The van der Waals surface area contributed by atoms with E-state index in [2.05, 4.69) is 0 Å². The van der Waals surface area contributed by atoms with Gasteiger partial charge < -0.3 is 4.90 Å². The summed E-state index contributed by atoms with van der Waals surface area (Å²) in [5.74, 6) is 1.22. The van der Waals surface area contributed by atoms with Gasteiger partial charge in [-0.3, -0.25) is 4.79 Å². The van der Waals surface area contributed by atoms with Gasteiger partial charge in [-0.2, -0.15) is 5.26 Å². The maximum atomic E-state index is 11.9. The first kappa shape index (κ1) is 11.4. The molecule has 0 aromatic heterocycles. The molecule has 0 N–H and O–H groups in total. The predicted octanol–water partition coefficient (Wildman–Crippen LogP) is 1.64. The van der Waals surface area contributed by atoms with Crippen LogP contribution in [0.2, 0.25) is 0 Å². The highest BCUT2D eigenvalue weighted by Gasteiger charge is 2.28. The highest BCUT2D eigenvalue weighted by Crippen LogP contribution is 2.28. The van der Waals surface area contributed by atoms with Crippen LogP contribution in [0.3, 0.4) is 0 Å². The molecule has 1 amide bonds. The summed E-state index contributed by atoms with van der Waals surface area (Å²) in [5.41, 5.74) is 0. The molecule has 78 valence electrons. The minimum absolute atomic E-state index is 0.103. The third-order valence-corrected chi connectivity index (χ3v) is 3.72. The maximum absolute atomic E-state index is 11.9. The van der Waals surface area contributed by atoms with Gasteiger partial charge in [-0.15, -0.1) is 11.8 Å². The van der Waals surface area contributed by atoms with Crippen molar-refractivity contribution < 1.29 is 4.79 Å². The van der Waals surface area contributed by atoms with Crippen molar-refractivity contribution in [2.45, 2.75) is 38.0 Å². The molecule has 1 saturated heterocycles. The lowest BCUT2D eigenvalue weighted by atomic mass is 10.2. The average molecular weight is 212 g/mol. The Kier molecular flexibility index (Phi) is 4.27. The molecular weight excluding hydrogens is 196 g/mol. The molecule has 0 bridgehead atoms. The normalized spacial score (nSPS) is 20.9. The molecule has 0 radical (unpaired) electrons. The molecule has 1 unspecified atom stereocenters. The van der Waals surface area contributed by atoms with Gasteiger partial charge in [-0.05, 0) is 32.4 Å². The third-order valence-electron chi connectivity index (χ3n) is 2.35. The minimum atomic E-state index is 0.103. The Hall–Kier alpha value is -0.690. The van der Waals surface area contributed by atoms with Gasteiger partial charge in [0, 0.05) is 6.04 Å². The topological polar surface area (TPSA) is 44.1 Å². The van der Waals surface area contributed by atoms with Crippen LogP contribution in [0.5, 0.6) is 0 Å². The monoisotopic (exact) mass is 212 g/mol. The van der Waals surface area contributed by atoms with Crippen molar-refractivity contribution >= 4 is 17.7 Å². The van der Waals surface area contributed by atoms with E-state index in [0.717, 1.165) is 18.6 Å². The fourth-order valence-electron chi connectivity index (χ4n) is 1.55. The molecule has 0 aromatic rings. The molecule has 0 aliphatic carbocycles. The van der Waals surface area contributed by atoms with Crippen LogP contribution < -0.4 is 0 Å². The van der Waals surface area contributed by atoms with E-state index >= 15 is 0 Å². The van der Waals surface area contributed by atoms with Crippen molar-refractivity contribution in [2.75, 3.05) is 12.3 Å². The lowest BCUT2D eigenvalue weighted by Crippen LogP contribution is -2.41. The first-order chi connectivity index (χ1) is 6.66. The van der Waals surface area contributed by atoms with E-state index in [4.69, 9.17) is 5.26 Å². The van der Waals surface area contributed by atoms with Crippen LogP contribution >= 0.6 is 11.8 Å². The van der Waals surface area contributed by atoms with Gasteiger partial charge in [0.2, 0.25) is 5.91 Å². The fraction of sp³-hybridized carbons (Fsp3) is 0.800. The average Bonchev–Trinajstić information content (AvgIpc) is 2.65. The van der Waals surface area contributed by atoms with Gasteiger partial charge in [0.25, 0.3) is 0 Å². The van der Waals surface area contributed by atoms with E-state index in [-0.39, 0.29) is 23.7 Å². The number of nitrogens with zero attached hydrogens (tertiary/aromatic N) is 2. The molecule has 1 heterocycles. The second-order valence-electron chi connectivity index (χ2n) is 3.72. The van der Waals surface area contributed by atoms with E-state index in [1.807, 2.05) is 19.9 Å². The van der Waals surface area contributed by atoms with E-state index < -0.39 is 0 Å². The minimum Gasteiger partial charge on any atom is -0.326 e. The molecule has 0 aromatic carbocycles. The van der Waals surface area contributed by atoms with Gasteiger partial charge >= 0.3 is 0 Å². The first-order valence-corrected chi connectivity index (χ1v) is 6.00. The molecule has 1 fully saturated rings. The highest BCUT2D eigenvalue weighted by molar-refractivity contribution is 8.00. The Morgan fingerprint density at radius 2 is 2.43 bits per heavy atom. The second-order valence-corrected chi connectivity index (χ2v) is 5.03. The van der Waals surface area contributed by atoms with Gasteiger partial charge in [0.15, 0.2) is 0 Å². The molecule has 4 heteroatoms. The quantitative estimate of drug-likeness (QED) is 0.668. The Morgan fingerprint density at radius 3 is 2.86 bits per heavy atom. The van der Waals surface area contributed by atoms with Gasteiger partial charge in [0.1, 0.15) is 6.54 Å². The number of nitriles is 1. The first-order valence-electron chi connectivity index (χ1n) is 4.96. The number of carbonyl (C=O) groups is 1. The summed E-state index contributed by atoms with van der Waals surface area (Å²) in [5, 5.41) is 8.73. The SMILES string of the molecule is CC(C)N(CC#N)C(=O)C1CCCS1. The zero-order valence-corrected chi connectivity index (χ0v) is 9.51. The number of carbonyl (C=O) groups excluding carboxylic acids is 1. The highest BCUT2D eigenvalue weighted by atomic mass is 32.2. The van der Waals surface area contributed by atoms with Gasteiger partial charge in [-0.1, -0.05) is 0 Å². The van der Waals surface area contributed by atoms with Crippen LogP contribution in [0.15, 0.2) is 0 Å². The molecule has 3 nitrogen and oxygen atoms in total. The summed E-state index contributed by atoms with van der Waals surface area (Å²) in [6.45, 7) is 4.12. The lowest BCUT2D eigenvalue weighted by Gasteiger charge is -2.26. The fourth-order valence-corrected chi connectivity index (χ4v) is 2.78. The number of hydrogen-bond donors (Lipinski definition) is 0. The van der Waals surface area contributed by atoms with E-state index in [9.17, 15) is 4.79 Å². The predicted molar refractivity (Wildman–Crippen MR) is 57.9 cm³/mol. The summed E-state index contributed by atoms with van der Waals surface area (Å²) in [7, 11) is 0. The molecule has 0 saturated carbocycles. The van der Waals surface area contributed by atoms with Crippen LogP contribution in [0.1, 0.15) is 26.7 Å². The standard InChI is InChI=1S/C10H16N2OS/c1-8(2)12(6-5-11)10(13)9-4-3-7-14-9/h8-9H,3-4,6-7H2,1-2H3. The molecule has 14 heavy (non-hydrogen) atoms. The van der Waals surface area contributed by atoms with Crippen molar-refractivity contribution in [3.63, 3.8) is 0 Å². The largest absolute Gasteiger partial charge is 0.326 e. The smallest absolute Gasteiger partial charge is 0.236 e. The number of amides is 1. The molecule has 1 aliphatic heterocycles. The Labute approximate surface area is 89.5 Å². The zero-order chi connectivity index (χ0) is 10.6. The molecule has 1 atom stereocenters. The van der Waals surface area contributed by atoms with Crippen LogP contribution in [0, 0.1) is 11.3 Å². The van der Waals surface area contributed by atoms with Crippen LogP contribution in [-0.2, 0) is 4.79 Å². The zero-order valence-electron chi connectivity index (χ0n) is 8.69. The Balaban J connectivity index is 2.58. The summed E-state index contributed by atoms with van der Waals surface area (Å²) in [6.07, 6.45) is 2.09. The number of thioether (sulfide) groups is 1. The van der Waals surface area contributed by atoms with Crippen LogP contribution in [-0.4, -0.2) is 34.4 Å². The maximum Gasteiger partial charge on any atom is 0.236 e. The van der Waals surface area contributed by atoms with Crippen molar-refractivity contribution in [3.05, 3.63) is 0 Å². The van der Waals surface area contributed by atoms with Gasteiger partial charge in [-0.25, -0.2) is 0 Å². The van der Waals surface area contributed by atoms with E-state index in [1.54, 1.807) is 16.7 Å². The summed E-state index contributed by atoms with van der Waals surface area (Å²) >= 11 is 1.72. The summed E-state index contributed by atoms with van der Waals surface area (Å²) in [4.78, 5) is 13.6. The lowest BCUT2D eigenvalue weighted by molar-refractivity contribution is -0.131. The van der Waals surface area contributed by atoms with Crippen molar-refractivity contribution in [1.29, 1.82) is 5.26 Å². The third kappa shape index (κ3) is 2.65. The van der Waals surface area contributed by atoms with Crippen LogP contribution in [0.4, 0.5) is 0 Å². The molecular formula is C10H16N2OS. The Bertz CT molecular complexity index is 241. The van der Waals surface area contributed by atoms with Crippen molar-refractivity contribution in [3.8, 4) is 6.07 Å². The number of hydrogen-bond acceptors (Lipinski definition) is 3. The summed E-state index contributed by atoms with van der Waals surface area (Å²) < 4.78 is 0. The molecule has 1 aliphatic rings. The van der Waals surface area contributed by atoms with Crippen molar-refractivity contribution in [2.24, 2.45) is 0 Å². The number of rotatable bonds is 3. The Morgan fingerprint density at radius 1 is 1.71 bits per heavy atom. The molecule has 1 rings (SSSR count). The summed E-state index contributed by atoms with van der Waals surface area (Å²) in [6, 6.07) is 2.18. The van der Waals surface area contributed by atoms with E-state index in [1.165, 1.54) is 0 Å². The second kappa shape index (κ2) is 5.26. The van der Waals surface area contributed by atoms with E-state index in [0.29, 0.717) is 0 Å².